The van der Waals surface area contributed by atoms with E-state index >= 15 is 0 Å². The van der Waals surface area contributed by atoms with Gasteiger partial charge in [-0.1, -0.05) is 0 Å². The Morgan fingerprint density at radius 1 is 1.56 bits per heavy atom. The van der Waals surface area contributed by atoms with Crippen LogP contribution in [0, 0.1) is 6.92 Å². The largest absolute Gasteiger partial charge is 0.338 e. The molecule has 1 N–H and O–H groups in total. The van der Waals surface area contributed by atoms with Crippen LogP contribution in [0.2, 0.25) is 0 Å². The number of rotatable bonds is 2. The van der Waals surface area contributed by atoms with E-state index in [1.165, 1.54) is 11.3 Å². The lowest BCUT2D eigenvalue weighted by molar-refractivity contribution is 0.0711. The second kappa shape index (κ2) is 4.93. The van der Waals surface area contributed by atoms with Crippen LogP contribution in [-0.4, -0.2) is 42.0 Å². The Morgan fingerprint density at radius 3 is 2.75 bits per heavy atom. The average molecular weight is 239 g/mol. The smallest absolute Gasteiger partial charge is 0.265 e. The number of likely N-dealkylation sites (tertiary alicyclic amines) is 1. The molecule has 88 valence electrons. The zero-order valence-corrected chi connectivity index (χ0v) is 10.5. The van der Waals surface area contributed by atoms with Crippen LogP contribution in [0.15, 0.2) is 5.51 Å². The molecule has 2 heterocycles. The van der Waals surface area contributed by atoms with Crippen LogP contribution in [-0.2, 0) is 0 Å². The highest BCUT2D eigenvalue weighted by atomic mass is 32.1. The molecule has 5 heteroatoms. The van der Waals surface area contributed by atoms with Crippen molar-refractivity contribution in [2.45, 2.75) is 25.8 Å². The maximum atomic E-state index is 12.2. The Balaban J connectivity index is 2.00. The number of aromatic nitrogens is 1. The molecule has 4 nitrogen and oxygen atoms in total. The lowest BCUT2D eigenvalue weighted by atomic mass is 10.1. The van der Waals surface area contributed by atoms with Crippen LogP contribution >= 0.6 is 11.3 Å². The van der Waals surface area contributed by atoms with Crippen molar-refractivity contribution in [3.05, 3.63) is 16.1 Å². The maximum absolute atomic E-state index is 12.2. The summed E-state index contributed by atoms with van der Waals surface area (Å²) >= 11 is 1.44. The predicted octanol–water partition coefficient (Wildman–Crippen LogP) is 1.28. The van der Waals surface area contributed by atoms with Crippen molar-refractivity contribution in [1.82, 2.24) is 15.2 Å². The molecule has 0 radical (unpaired) electrons. The molecule has 1 aliphatic heterocycles. The number of carbonyl (C=O) groups excluding carboxylic acids is 1. The van der Waals surface area contributed by atoms with Crippen molar-refractivity contribution in [2.75, 3.05) is 20.1 Å². The van der Waals surface area contributed by atoms with E-state index in [1.54, 1.807) is 5.51 Å². The molecule has 0 spiro atoms. The molecule has 0 aliphatic carbocycles. The number of hydrogen-bond acceptors (Lipinski definition) is 4. The lowest BCUT2D eigenvalue weighted by Crippen LogP contribution is -2.43. The first-order chi connectivity index (χ1) is 7.72. The van der Waals surface area contributed by atoms with Gasteiger partial charge in [-0.05, 0) is 26.8 Å². The molecule has 0 saturated carbocycles. The van der Waals surface area contributed by atoms with Crippen molar-refractivity contribution < 1.29 is 4.79 Å². The van der Waals surface area contributed by atoms with Crippen LogP contribution in [0.1, 0.15) is 28.2 Å². The normalized spacial score (nSPS) is 17.8. The monoisotopic (exact) mass is 239 g/mol. The highest BCUT2D eigenvalue weighted by Gasteiger charge is 2.24. The summed E-state index contributed by atoms with van der Waals surface area (Å²) in [6.45, 7) is 3.59. The number of piperidine rings is 1. The van der Waals surface area contributed by atoms with Crippen LogP contribution < -0.4 is 5.32 Å². The van der Waals surface area contributed by atoms with Gasteiger partial charge in [0.15, 0.2) is 0 Å². The number of hydrogen-bond donors (Lipinski definition) is 1. The first-order valence-electron chi connectivity index (χ1n) is 5.59. The molecule has 1 aromatic rings. The quantitative estimate of drug-likeness (QED) is 0.845. The van der Waals surface area contributed by atoms with E-state index in [2.05, 4.69) is 10.3 Å². The van der Waals surface area contributed by atoms with Gasteiger partial charge < -0.3 is 10.2 Å². The standard InChI is InChI=1S/C11H17N3OS/c1-8-10(16-7-13-8)11(15)14-5-3-9(12-2)4-6-14/h7,9,12H,3-6H2,1-2H3. The van der Waals surface area contributed by atoms with Gasteiger partial charge in [0.1, 0.15) is 4.88 Å². The van der Waals surface area contributed by atoms with E-state index in [1.807, 2.05) is 18.9 Å². The molecular weight excluding hydrogens is 222 g/mol. The summed E-state index contributed by atoms with van der Waals surface area (Å²) < 4.78 is 0. The second-order valence-electron chi connectivity index (χ2n) is 4.12. The summed E-state index contributed by atoms with van der Waals surface area (Å²) in [6.07, 6.45) is 2.08. The Kier molecular flexibility index (Phi) is 3.56. The van der Waals surface area contributed by atoms with Crippen molar-refractivity contribution in [3.8, 4) is 0 Å². The number of carbonyl (C=O) groups is 1. The zero-order valence-electron chi connectivity index (χ0n) is 9.69. The average Bonchev–Trinajstić information content (AvgIpc) is 2.75. The van der Waals surface area contributed by atoms with Gasteiger partial charge in [-0.25, -0.2) is 4.98 Å². The third-order valence-corrected chi connectivity index (χ3v) is 4.05. The molecule has 0 atom stereocenters. The molecule has 0 unspecified atom stereocenters. The van der Waals surface area contributed by atoms with Gasteiger partial charge in [0, 0.05) is 19.1 Å². The summed E-state index contributed by atoms with van der Waals surface area (Å²) in [4.78, 5) is 19.0. The summed E-state index contributed by atoms with van der Waals surface area (Å²) in [5.74, 6) is 0.148. The summed E-state index contributed by atoms with van der Waals surface area (Å²) in [5.41, 5.74) is 2.59. The van der Waals surface area contributed by atoms with Crippen LogP contribution in [0.25, 0.3) is 0 Å². The minimum Gasteiger partial charge on any atom is -0.338 e. The second-order valence-corrected chi connectivity index (χ2v) is 4.98. The van der Waals surface area contributed by atoms with Gasteiger partial charge in [0.2, 0.25) is 0 Å². The van der Waals surface area contributed by atoms with Crippen molar-refractivity contribution in [2.24, 2.45) is 0 Å². The fourth-order valence-corrected chi connectivity index (χ4v) is 2.79. The molecule has 0 aromatic carbocycles. The third kappa shape index (κ3) is 2.25. The number of nitrogens with one attached hydrogen (secondary N) is 1. The maximum Gasteiger partial charge on any atom is 0.265 e. The zero-order chi connectivity index (χ0) is 11.5. The predicted molar refractivity (Wildman–Crippen MR) is 64.8 cm³/mol. The summed E-state index contributed by atoms with van der Waals surface area (Å²) in [7, 11) is 1.98. The molecule has 1 aliphatic rings. The topological polar surface area (TPSA) is 45.2 Å². The highest BCUT2D eigenvalue weighted by Crippen LogP contribution is 2.18. The Morgan fingerprint density at radius 2 is 2.25 bits per heavy atom. The SMILES string of the molecule is CNC1CCN(C(=O)c2scnc2C)CC1. The Bertz CT molecular complexity index is 369. The van der Waals surface area contributed by atoms with Gasteiger partial charge in [-0.3, -0.25) is 4.79 Å². The number of amides is 1. The summed E-state index contributed by atoms with van der Waals surface area (Å²) in [6, 6.07) is 0.562. The van der Waals surface area contributed by atoms with Crippen molar-refractivity contribution in [1.29, 1.82) is 0 Å². The molecule has 1 saturated heterocycles. The molecule has 0 bridgehead atoms. The van der Waals surface area contributed by atoms with Crippen LogP contribution in [0.3, 0.4) is 0 Å². The van der Waals surface area contributed by atoms with Gasteiger partial charge in [0.05, 0.1) is 11.2 Å². The van der Waals surface area contributed by atoms with Crippen molar-refractivity contribution in [3.63, 3.8) is 0 Å². The van der Waals surface area contributed by atoms with Gasteiger partial charge >= 0.3 is 0 Å². The number of aryl methyl sites for hydroxylation is 1. The van der Waals surface area contributed by atoms with E-state index in [4.69, 9.17) is 0 Å². The number of thiazole rings is 1. The Hall–Kier alpha value is -0.940. The van der Waals surface area contributed by atoms with Gasteiger partial charge in [-0.2, -0.15) is 0 Å². The van der Waals surface area contributed by atoms with E-state index < -0.39 is 0 Å². The molecule has 2 rings (SSSR count). The molecular formula is C11H17N3OS. The fourth-order valence-electron chi connectivity index (χ4n) is 2.02. The summed E-state index contributed by atoms with van der Waals surface area (Å²) in [5, 5.41) is 3.26. The van der Waals surface area contributed by atoms with Gasteiger partial charge in [-0.15, -0.1) is 11.3 Å². The molecule has 1 amide bonds. The van der Waals surface area contributed by atoms with Crippen molar-refractivity contribution >= 4 is 17.2 Å². The van der Waals surface area contributed by atoms with Gasteiger partial charge in [0.25, 0.3) is 5.91 Å². The highest BCUT2D eigenvalue weighted by molar-refractivity contribution is 7.11. The Labute approximate surface area is 99.7 Å². The van der Waals surface area contributed by atoms with Crippen LogP contribution in [0.4, 0.5) is 0 Å². The van der Waals surface area contributed by atoms with E-state index in [0.717, 1.165) is 36.5 Å². The van der Waals surface area contributed by atoms with E-state index in [9.17, 15) is 4.79 Å². The minimum atomic E-state index is 0.148. The molecule has 16 heavy (non-hydrogen) atoms. The van der Waals surface area contributed by atoms with E-state index in [0.29, 0.717) is 6.04 Å². The van der Waals surface area contributed by atoms with Crippen LogP contribution in [0.5, 0.6) is 0 Å². The first-order valence-corrected chi connectivity index (χ1v) is 6.47. The van der Waals surface area contributed by atoms with E-state index in [-0.39, 0.29) is 5.91 Å². The lowest BCUT2D eigenvalue weighted by Gasteiger charge is -2.31. The molecule has 1 aromatic heterocycles. The third-order valence-electron chi connectivity index (χ3n) is 3.13. The molecule has 1 fully saturated rings. The fraction of sp³-hybridized carbons (Fsp3) is 0.636. The first kappa shape index (κ1) is 11.5. The number of nitrogens with zero attached hydrogens (tertiary/aromatic N) is 2. The minimum absolute atomic E-state index is 0.148.